The summed E-state index contributed by atoms with van der Waals surface area (Å²) < 4.78 is 5.22. The molecule has 2 aliphatic heterocycles. The molecule has 0 radical (unpaired) electrons. The number of piperidine rings is 1. The van der Waals surface area contributed by atoms with Crippen molar-refractivity contribution in [2.24, 2.45) is 0 Å². The van der Waals surface area contributed by atoms with E-state index >= 15 is 0 Å². The first kappa shape index (κ1) is 18.6. The lowest BCUT2D eigenvalue weighted by atomic mass is 9.90. The monoisotopic (exact) mass is 399 g/mol. The second-order valence-electron chi connectivity index (χ2n) is 7.23. The number of nitrogens with zero attached hydrogens (tertiary/aromatic N) is 2. The number of benzene rings is 2. The molecule has 7 heteroatoms. The van der Waals surface area contributed by atoms with Gasteiger partial charge in [-0.1, -0.05) is 17.7 Å². The van der Waals surface area contributed by atoms with E-state index < -0.39 is 5.66 Å². The van der Waals surface area contributed by atoms with E-state index in [4.69, 9.17) is 16.3 Å². The van der Waals surface area contributed by atoms with Crippen molar-refractivity contribution in [1.29, 1.82) is 0 Å². The van der Waals surface area contributed by atoms with E-state index in [0.29, 0.717) is 47.8 Å². The topological polar surface area (TPSA) is 61.9 Å². The first-order valence-electron chi connectivity index (χ1n) is 9.23. The first-order valence-corrected chi connectivity index (χ1v) is 9.60. The summed E-state index contributed by atoms with van der Waals surface area (Å²) in [4.78, 5) is 29.5. The summed E-state index contributed by atoms with van der Waals surface area (Å²) in [6, 6.07) is 12.5. The Labute approximate surface area is 169 Å². The summed E-state index contributed by atoms with van der Waals surface area (Å²) in [6.07, 6.45) is 1.29. The van der Waals surface area contributed by atoms with E-state index in [-0.39, 0.29) is 11.8 Å². The zero-order chi connectivity index (χ0) is 19.9. The Morgan fingerprint density at radius 3 is 2.64 bits per heavy atom. The van der Waals surface area contributed by atoms with Gasteiger partial charge in [0.2, 0.25) is 0 Å². The van der Waals surface area contributed by atoms with Crippen LogP contribution < -0.4 is 15.0 Å². The molecule has 6 nitrogen and oxygen atoms in total. The van der Waals surface area contributed by atoms with Crippen LogP contribution >= 0.6 is 11.6 Å². The molecular formula is C21H22ClN3O3. The van der Waals surface area contributed by atoms with Crippen molar-refractivity contribution in [2.75, 3.05) is 32.1 Å². The predicted molar refractivity (Wildman–Crippen MR) is 108 cm³/mol. The molecular weight excluding hydrogens is 378 g/mol. The molecule has 1 N–H and O–H groups in total. The van der Waals surface area contributed by atoms with E-state index in [9.17, 15) is 9.59 Å². The zero-order valence-corrected chi connectivity index (χ0v) is 16.6. The number of anilines is 1. The maximum Gasteiger partial charge on any atom is 0.255 e. The number of carbonyl (C=O) groups is 2. The van der Waals surface area contributed by atoms with Gasteiger partial charge in [-0.2, -0.15) is 0 Å². The Bertz CT molecular complexity index is 938. The minimum absolute atomic E-state index is 0.0225. The molecule has 2 heterocycles. The highest BCUT2D eigenvalue weighted by Crippen LogP contribution is 2.37. The Morgan fingerprint density at radius 2 is 1.93 bits per heavy atom. The number of ether oxygens (including phenoxy) is 1. The van der Waals surface area contributed by atoms with Crippen LogP contribution in [-0.4, -0.2) is 49.6 Å². The van der Waals surface area contributed by atoms with E-state index in [1.807, 2.05) is 30.1 Å². The number of amides is 2. The molecule has 0 aromatic heterocycles. The van der Waals surface area contributed by atoms with Crippen molar-refractivity contribution in [3.8, 4) is 5.75 Å². The third-order valence-corrected chi connectivity index (χ3v) is 5.98. The van der Waals surface area contributed by atoms with Gasteiger partial charge in [-0.3, -0.25) is 9.59 Å². The molecule has 0 aliphatic carbocycles. The molecule has 1 spiro atoms. The second kappa shape index (κ2) is 7.02. The fourth-order valence-electron chi connectivity index (χ4n) is 4.05. The smallest absolute Gasteiger partial charge is 0.255 e. The first-order chi connectivity index (χ1) is 13.4. The molecule has 0 atom stereocenters. The number of carbonyl (C=O) groups excluding carboxylic acids is 2. The Kier molecular flexibility index (Phi) is 4.67. The van der Waals surface area contributed by atoms with Crippen LogP contribution in [0.25, 0.3) is 0 Å². The number of fused-ring (bicyclic) bond motifs is 1. The average Bonchev–Trinajstić information content (AvgIpc) is 2.72. The van der Waals surface area contributed by atoms with Crippen molar-refractivity contribution < 1.29 is 14.3 Å². The lowest BCUT2D eigenvalue weighted by molar-refractivity contribution is 0.0609. The SMILES string of the molecule is COc1cccc(C(=O)N2CCC3(CC2)NC(=O)c2cc(Cl)ccc2N3C)c1. The van der Waals surface area contributed by atoms with Crippen LogP contribution in [0.5, 0.6) is 5.75 Å². The van der Waals surface area contributed by atoms with Crippen LogP contribution in [0.1, 0.15) is 33.6 Å². The third kappa shape index (κ3) is 3.07. The van der Waals surface area contributed by atoms with Crippen LogP contribution in [0, 0.1) is 0 Å². The molecule has 1 fully saturated rings. The maximum absolute atomic E-state index is 12.9. The standard InChI is InChI=1S/C21H22ClN3O3/c1-24-18-7-6-15(22)13-17(18)19(26)23-21(24)8-10-25(11-9-21)20(27)14-4-3-5-16(12-14)28-2/h3-7,12-13H,8-11H2,1-2H3,(H,23,26). The fraction of sp³-hybridized carbons (Fsp3) is 0.333. The lowest BCUT2D eigenvalue weighted by Crippen LogP contribution is -2.67. The molecule has 0 bridgehead atoms. The minimum atomic E-state index is -0.497. The van der Waals surface area contributed by atoms with Gasteiger partial charge in [0.15, 0.2) is 0 Å². The Hall–Kier alpha value is -2.73. The van der Waals surface area contributed by atoms with Crippen LogP contribution in [0.2, 0.25) is 5.02 Å². The van der Waals surface area contributed by atoms with Crippen LogP contribution in [0.15, 0.2) is 42.5 Å². The second-order valence-corrected chi connectivity index (χ2v) is 7.67. The molecule has 28 heavy (non-hydrogen) atoms. The van der Waals surface area contributed by atoms with Crippen LogP contribution in [-0.2, 0) is 0 Å². The number of halogens is 1. The Balaban J connectivity index is 1.52. The molecule has 2 aliphatic rings. The van der Waals surface area contributed by atoms with Gasteiger partial charge in [-0.15, -0.1) is 0 Å². The van der Waals surface area contributed by atoms with Gasteiger partial charge in [-0.25, -0.2) is 0 Å². The third-order valence-electron chi connectivity index (χ3n) is 5.75. The zero-order valence-electron chi connectivity index (χ0n) is 15.9. The molecule has 4 rings (SSSR count). The summed E-state index contributed by atoms with van der Waals surface area (Å²) in [7, 11) is 3.56. The average molecular weight is 400 g/mol. The van der Waals surface area contributed by atoms with E-state index in [1.54, 1.807) is 31.4 Å². The van der Waals surface area contributed by atoms with E-state index in [1.165, 1.54) is 0 Å². The minimum Gasteiger partial charge on any atom is -0.497 e. The van der Waals surface area contributed by atoms with Gasteiger partial charge < -0.3 is 19.9 Å². The highest BCUT2D eigenvalue weighted by molar-refractivity contribution is 6.31. The van der Waals surface area contributed by atoms with Crippen LogP contribution in [0.3, 0.4) is 0 Å². The molecule has 2 aromatic rings. The number of nitrogens with one attached hydrogen (secondary N) is 1. The van der Waals surface area contributed by atoms with Crippen LogP contribution in [0.4, 0.5) is 5.69 Å². The van der Waals surface area contributed by atoms with Gasteiger partial charge in [-0.05, 0) is 36.4 Å². The molecule has 0 saturated carbocycles. The van der Waals surface area contributed by atoms with Gasteiger partial charge in [0, 0.05) is 43.6 Å². The highest BCUT2D eigenvalue weighted by atomic mass is 35.5. The van der Waals surface area contributed by atoms with E-state index in [2.05, 4.69) is 10.2 Å². The summed E-state index contributed by atoms with van der Waals surface area (Å²) in [5.41, 5.74) is 1.55. The lowest BCUT2D eigenvalue weighted by Gasteiger charge is -2.51. The van der Waals surface area contributed by atoms with Crippen molar-refractivity contribution in [1.82, 2.24) is 10.2 Å². The number of hydrogen-bond donors (Lipinski definition) is 1. The van der Waals surface area contributed by atoms with Crippen molar-refractivity contribution in [3.05, 3.63) is 58.6 Å². The van der Waals surface area contributed by atoms with Crippen molar-refractivity contribution in [3.63, 3.8) is 0 Å². The normalized spacial score (nSPS) is 17.9. The Morgan fingerprint density at radius 1 is 1.18 bits per heavy atom. The summed E-state index contributed by atoms with van der Waals surface area (Å²) >= 11 is 6.05. The summed E-state index contributed by atoms with van der Waals surface area (Å²) in [5, 5.41) is 3.69. The molecule has 2 amide bonds. The molecule has 146 valence electrons. The quantitative estimate of drug-likeness (QED) is 0.842. The highest BCUT2D eigenvalue weighted by Gasteiger charge is 2.44. The molecule has 2 aromatic carbocycles. The van der Waals surface area contributed by atoms with Gasteiger partial charge in [0.1, 0.15) is 11.4 Å². The number of methoxy groups -OCH3 is 1. The van der Waals surface area contributed by atoms with Crippen molar-refractivity contribution >= 4 is 29.1 Å². The van der Waals surface area contributed by atoms with Gasteiger partial charge >= 0.3 is 0 Å². The molecule has 0 unspecified atom stereocenters. The summed E-state index contributed by atoms with van der Waals surface area (Å²) in [6.45, 7) is 1.12. The van der Waals surface area contributed by atoms with E-state index in [0.717, 1.165) is 5.69 Å². The summed E-state index contributed by atoms with van der Waals surface area (Å²) in [5.74, 6) is 0.516. The molecule has 1 saturated heterocycles. The fourth-order valence-corrected chi connectivity index (χ4v) is 4.23. The predicted octanol–water partition coefficient (Wildman–Crippen LogP) is 3.16. The van der Waals surface area contributed by atoms with Gasteiger partial charge in [0.25, 0.3) is 11.8 Å². The number of likely N-dealkylation sites (tertiary alicyclic amines) is 1. The van der Waals surface area contributed by atoms with Crippen molar-refractivity contribution in [2.45, 2.75) is 18.5 Å². The maximum atomic E-state index is 12.9. The van der Waals surface area contributed by atoms with Gasteiger partial charge in [0.05, 0.1) is 18.4 Å². The largest absolute Gasteiger partial charge is 0.497 e. The number of hydrogen-bond acceptors (Lipinski definition) is 4. The number of rotatable bonds is 2.